The van der Waals surface area contributed by atoms with Gasteiger partial charge in [-0.05, 0) is 6.92 Å². The van der Waals surface area contributed by atoms with Crippen molar-refractivity contribution in [3.8, 4) is 0 Å². The van der Waals surface area contributed by atoms with Crippen molar-refractivity contribution in [2.75, 3.05) is 0 Å². The number of hydrogen-bond acceptors (Lipinski definition) is 2. The molecular weight excluding hydrogens is 136 g/mol. The van der Waals surface area contributed by atoms with Gasteiger partial charge in [0.2, 0.25) is 0 Å². The second kappa shape index (κ2) is 2.33. The minimum absolute atomic E-state index is 0.925. The molecule has 7 heavy (non-hydrogen) atoms. The fourth-order valence-corrected chi connectivity index (χ4v) is 0.796. The fourth-order valence-electron chi connectivity index (χ4n) is 0.163. The van der Waals surface area contributed by atoms with Gasteiger partial charge in [0.05, 0.1) is 0 Å². The molecule has 0 aliphatic carbocycles. The highest BCUT2D eigenvalue weighted by molar-refractivity contribution is 8.16. The van der Waals surface area contributed by atoms with Crippen molar-refractivity contribution in [2.45, 2.75) is 6.92 Å². The highest BCUT2D eigenvalue weighted by Crippen LogP contribution is 1.95. The van der Waals surface area contributed by atoms with Crippen LogP contribution < -0.4 is 0 Å². The number of allylic oxidation sites excluding steroid dienone is 1. The van der Waals surface area contributed by atoms with Crippen LogP contribution in [0.5, 0.6) is 0 Å². The molecular formula is C3H5ClO2S. The molecule has 42 valence electrons. The van der Waals surface area contributed by atoms with Gasteiger partial charge in [0, 0.05) is 16.1 Å². The highest BCUT2D eigenvalue weighted by Gasteiger charge is 1.91. The molecule has 0 saturated heterocycles. The third-order valence-corrected chi connectivity index (χ3v) is 1.20. The van der Waals surface area contributed by atoms with Crippen LogP contribution in [0.3, 0.4) is 0 Å². The monoisotopic (exact) mass is 140 g/mol. The summed E-state index contributed by atoms with van der Waals surface area (Å²) in [4.78, 5) is 0. The van der Waals surface area contributed by atoms with Crippen LogP contribution in [-0.2, 0) is 9.05 Å². The van der Waals surface area contributed by atoms with Crippen LogP contribution in [0, 0.1) is 0 Å². The van der Waals surface area contributed by atoms with E-state index in [4.69, 9.17) is 10.7 Å². The lowest BCUT2D eigenvalue weighted by molar-refractivity contribution is 0.617. The van der Waals surface area contributed by atoms with Gasteiger partial charge in [0.1, 0.15) is 0 Å². The van der Waals surface area contributed by atoms with E-state index in [0.717, 1.165) is 5.41 Å². The SMILES string of the molecule is CC=CS(=O)(=O)Cl. The highest BCUT2D eigenvalue weighted by atomic mass is 35.7. The standard InChI is InChI=1S/C3H5ClO2S/c1-2-3-7(4,5)6/h2-3H,1H3. The normalized spacial score (nSPS) is 12.9. The summed E-state index contributed by atoms with van der Waals surface area (Å²) in [6.45, 7) is 1.58. The lowest BCUT2D eigenvalue weighted by Gasteiger charge is -1.73. The Morgan fingerprint density at radius 1 is 1.57 bits per heavy atom. The van der Waals surface area contributed by atoms with E-state index in [1.165, 1.54) is 6.08 Å². The Morgan fingerprint density at radius 2 is 2.00 bits per heavy atom. The molecule has 0 amide bonds. The lowest BCUT2D eigenvalue weighted by Crippen LogP contribution is -1.76. The molecule has 0 aliphatic rings. The van der Waals surface area contributed by atoms with Gasteiger partial charge < -0.3 is 0 Å². The number of halogens is 1. The summed E-state index contributed by atoms with van der Waals surface area (Å²) in [5.74, 6) is 0. The maximum atomic E-state index is 9.91. The molecule has 2 nitrogen and oxygen atoms in total. The van der Waals surface area contributed by atoms with Gasteiger partial charge in [-0.25, -0.2) is 8.42 Å². The molecule has 0 aromatic heterocycles. The largest absolute Gasteiger partial charge is 0.254 e. The van der Waals surface area contributed by atoms with Gasteiger partial charge >= 0.3 is 0 Å². The van der Waals surface area contributed by atoms with Crippen LogP contribution in [0.15, 0.2) is 11.5 Å². The van der Waals surface area contributed by atoms with E-state index >= 15 is 0 Å². The van der Waals surface area contributed by atoms with E-state index in [2.05, 4.69) is 0 Å². The zero-order chi connectivity index (χ0) is 5.91. The van der Waals surface area contributed by atoms with E-state index in [1.54, 1.807) is 6.92 Å². The van der Waals surface area contributed by atoms with Gasteiger partial charge in [0.25, 0.3) is 9.05 Å². The topological polar surface area (TPSA) is 34.1 Å². The molecule has 0 aliphatic heterocycles. The Labute approximate surface area is 47.2 Å². The average molecular weight is 141 g/mol. The minimum atomic E-state index is -3.38. The first kappa shape index (κ1) is 6.98. The summed E-state index contributed by atoms with van der Waals surface area (Å²) in [7, 11) is 1.34. The van der Waals surface area contributed by atoms with Crippen molar-refractivity contribution in [2.24, 2.45) is 0 Å². The van der Waals surface area contributed by atoms with Crippen LogP contribution in [0.4, 0.5) is 0 Å². The van der Waals surface area contributed by atoms with E-state index in [9.17, 15) is 8.42 Å². The molecule has 0 spiro atoms. The van der Waals surface area contributed by atoms with Crippen molar-refractivity contribution in [1.82, 2.24) is 0 Å². The van der Waals surface area contributed by atoms with Gasteiger partial charge in [-0.15, -0.1) is 0 Å². The van der Waals surface area contributed by atoms with Crippen molar-refractivity contribution in [1.29, 1.82) is 0 Å². The number of hydrogen-bond donors (Lipinski definition) is 0. The zero-order valence-electron chi connectivity index (χ0n) is 3.76. The van der Waals surface area contributed by atoms with Crippen LogP contribution in [0.25, 0.3) is 0 Å². The smallest absolute Gasteiger partial charge is 0.208 e. The Bertz CT molecular complexity index is 156. The maximum absolute atomic E-state index is 9.91. The van der Waals surface area contributed by atoms with Gasteiger partial charge in [-0.1, -0.05) is 6.08 Å². The first-order valence-electron chi connectivity index (χ1n) is 1.63. The quantitative estimate of drug-likeness (QED) is 0.511. The molecule has 0 aromatic rings. The predicted molar refractivity (Wildman–Crippen MR) is 29.6 cm³/mol. The van der Waals surface area contributed by atoms with E-state index in [0.29, 0.717) is 0 Å². The molecule has 4 heteroatoms. The summed E-state index contributed by atoms with van der Waals surface area (Å²) in [5.41, 5.74) is 0. The van der Waals surface area contributed by atoms with Gasteiger partial charge in [-0.2, -0.15) is 0 Å². The Kier molecular flexibility index (Phi) is 2.32. The van der Waals surface area contributed by atoms with Crippen molar-refractivity contribution >= 4 is 19.7 Å². The second-order valence-electron chi connectivity index (χ2n) is 0.945. The molecule has 0 atom stereocenters. The van der Waals surface area contributed by atoms with E-state index < -0.39 is 9.05 Å². The lowest BCUT2D eigenvalue weighted by atomic mass is 10.8. The molecule has 0 unspecified atom stereocenters. The molecule has 0 heterocycles. The van der Waals surface area contributed by atoms with Crippen LogP contribution in [0.2, 0.25) is 0 Å². The third kappa shape index (κ3) is 5.98. The van der Waals surface area contributed by atoms with Gasteiger partial charge in [-0.3, -0.25) is 0 Å². The van der Waals surface area contributed by atoms with Crippen LogP contribution in [-0.4, -0.2) is 8.42 Å². The summed E-state index contributed by atoms with van der Waals surface area (Å²) in [5, 5.41) is 0.925. The first-order chi connectivity index (χ1) is 3.06. The Morgan fingerprint density at radius 3 is 2.00 bits per heavy atom. The summed E-state index contributed by atoms with van der Waals surface area (Å²) in [6, 6.07) is 0. The summed E-state index contributed by atoms with van der Waals surface area (Å²) in [6.07, 6.45) is 1.36. The average Bonchev–Trinajstić information content (AvgIpc) is 1.30. The Balaban J connectivity index is 4.13. The van der Waals surface area contributed by atoms with E-state index in [-0.39, 0.29) is 0 Å². The van der Waals surface area contributed by atoms with Crippen molar-refractivity contribution < 1.29 is 8.42 Å². The molecule has 0 rings (SSSR count). The molecule has 0 aromatic carbocycles. The van der Waals surface area contributed by atoms with Crippen LogP contribution in [0.1, 0.15) is 6.92 Å². The van der Waals surface area contributed by atoms with Crippen molar-refractivity contribution in [3.63, 3.8) is 0 Å². The molecule has 0 saturated carbocycles. The second-order valence-corrected chi connectivity index (χ2v) is 3.46. The zero-order valence-corrected chi connectivity index (χ0v) is 5.33. The summed E-state index contributed by atoms with van der Waals surface area (Å²) < 4.78 is 19.8. The number of rotatable bonds is 1. The molecule has 0 bridgehead atoms. The summed E-state index contributed by atoms with van der Waals surface area (Å²) >= 11 is 0. The predicted octanol–water partition coefficient (Wildman–Crippen LogP) is 1.09. The third-order valence-electron chi connectivity index (χ3n) is 0.299. The minimum Gasteiger partial charge on any atom is -0.208 e. The first-order valence-corrected chi connectivity index (χ1v) is 4.01. The molecule has 0 N–H and O–H groups in total. The van der Waals surface area contributed by atoms with Crippen molar-refractivity contribution in [3.05, 3.63) is 11.5 Å². The molecule has 0 radical (unpaired) electrons. The maximum Gasteiger partial charge on any atom is 0.254 e. The van der Waals surface area contributed by atoms with E-state index in [1.807, 2.05) is 0 Å². The molecule has 0 fully saturated rings. The van der Waals surface area contributed by atoms with Gasteiger partial charge in [0.15, 0.2) is 0 Å². The Hall–Kier alpha value is -0.0200. The van der Waals surface area contributed by atoms with Crippen LogP contribution >= 0.6 is 10.7 Å². The fraction of sp³-hybridized carbons (Fsp3) is 0.333.